The molecule has 1 N–H and O–H groups in total. The van der Waals surface area contributed by atoms with E-state index in [1.165, 1.54) is 5.57 Å². The van der Waals surface area contributed by atoms with E-state index in [0.29, 0.717) is 17.8 Å². The largest absolute Gasteiger partial charge is 0.310 e. The number of hydrogen-bond acceptors (Lipinski definition) is 2. The quantitative estimate of drug-likeness (QED) is 0.348. The lowest BCUT2D eigenvalue weighted by Gasteiger charge is -2.45. The van der Waals surface area contributed by atoms with Crippen LogP contribution < -0.4 is 0 Å². The third-order valence-corrected chi connectivity index (χ3v) is 5.21. The maximum absolute atomic E-state index is 9.15. The molecule has 19 heavy (non-hydrogen) atoms. The normalized spacial score (nSPS) is 42.5. The summed E-state index contributed by atoms with van der Waals surface area (Å²) in [5.74, 6) is 1.43. The van der Waals surface area contributed by atoms with E-state index in [1.807, 2.05) is 6.92 Å². The highest BCUT2D eigenvalue weighted by Gasteiger charge is 2.51. The Labute approximate surface area is 116 Å². The molecule has 2 aliphatic rings. The molecule has 106 valence electrons. The van der Waals surface area contributed by atoms with Crippen LogP contribution in [0.3, 0.4) is 0 Å². The van der Waals surface area contributed by atoms with Crippen LogP contribution in [0.15, 0.2) is 11.6 Å². The van der Waals surface area contributed by atoms with Gasteiger partial charge in [-0.3, -0.25) is 5.26 Å². The minimum Gasteiger partial charge on any atom is -0.310 e. The molecule has 1 fully saturated rings. The van der Waals surface area contributed by atoms with Crippen molar-refractivity contribution in [3.05, 3.63) is 23.1 Å². The number of hydrogen-bond donors (Lipinski definition) is 1. The molecule has 0 aliphatic heterocycles. The van der Waals surface area contributed by atoms with Crippen LogP contribution in [0.25, 0.3) is 4.85 Å². The lowest BCUT2D eigenvalue weighted by atomic mass is 9.59. The predicted octanol–water partition coefficient (Wildman–Crippen LogP) is 4.32. The van der Waals surface area contributed by atoms with Gasteiger partial charge in [-0.05, 0) is 44.1 Å². The van der Waals surface area contributed by atoms with Crippen LogP contribution in [0, 0.1) is 24.3 Å². The fourth-order valence-electron chi connectivity index (χ4n) is 3.87. The smallest absolute Gasteiger partial charge is 0.236 e. The van der Waals surface area contributed by atoms with Crippen molar-refractivity contribution in [3.8, 4) is 0 Å². The molecule has 0 bridgehead atoms. The molecule has 2 rings (SSSR count). The Morgan fingerprint density at radius 1 is 1.37 bits per heavy atom. The number of fused-ring (bicyclic) bond motifs is 1. The van der Waals surface area contributed by atoms with Crippen LogP contribution in [-0.2, 0) is 4.89 Å². The standard InChI is InChI=1S/C16H25NO2/c1-11(2)12-6-9-16(4,17-5)14-7-8-15(3,19-18)10-13(12)14/h10-12,14,18H,6-9H2,1-4H3/t12-,14+,15-,16-/m1/s1. The monoisotopic (exact) mass is 263 g/mol. The molecule has 0 spiro atoms. The molecule has 0 aromatic carbocycles. The van der Waals surface area contributed by atoms with E-state index >= 15 is 0 Å². The summed E-state index contributed by atoms with van der Waals surface area (Å²) in [6.45, 7) is 16.1. The second-order valence-corrected chi connectivity index (χ2v) is 7.00. The third-order valence-electron chi connectivity index (χ3n) is 5.21. The summed E-state index contributed by atoms with van der Waals surface area (Å²) in [6.07, 6.45) is 5.88. The second kappa shape index (κ2) is 4.92. The van der Waals surface area contributed by atoms with Crippen LogP contribution >= 0.6 is 0 Å². The van der Waals surface area contributed by atoms with Crippen molar-refractivity contribution in [2.75, 3.05) is 0 Å². The van der Waals surface area contributed by atoms with Gasteiger partial charge in [0.25, 0.3) is 0 Å². The van der Waals surface area contributed by atoms with E-state index in [0.717, 1.165) is 25.7 Å². The molecule has 0 radical (unpaired) electrons. The molecule has 0 aromatic rings. The zero-order chi connectivity index (χ0) is 14.3. The SMILES string of the molecule is [C-]#[N+][C@]1(C)CC[C@H](C(C)C)C2=C[C@](C)(OO)CC[C@@H]21. The van der Waals surface area contributed by atoms with Crippen LogP contribution in [0.5, 0.6) is 0 Å². The second-order valence-electron chi connectivity index (χ2n) is 7.00. The first-order chi connectivity index (χ1) is 8.85. The van der Waals surface area contributed by atoms with Crippen LogP contribution in [0.1, 0.15) is 53.4 Å². The summed E-state index contributed by atoms with van der Waals surface area (Å²) in [5.41, 5.74) is 0.510. The van der Waals surface area contributed by atoms with Crippen molar-refractivity contribution in [3.63, 3.8) is 0 Å². The van der Waals surface area contributed by atoms with Crippen molar-refractivity contribution in [2.45, 2.75) is 64.5 Å². The summed E-state index contributed by atoms with van der Waals surface area (Å²) in [7, 11) is 0. The lowest BCUT2D eigenvalue weighted by molar-refractivity contribution is -0.306. The summed E-state index contributed by atoms with van der Waals surface area (Å²) < 4.78 is 0. The predicted molar refractivity (Wildman–Crippen MR) is 75.5 cm³/mol. The Kier molecular flexibility index (Phi) is 3.77. The molecule has 0 saturated heterocycles. The average Bonchev–Trinajstić information content (AvgIpc) is 2.38. The van der Waals surface area contributed by atoms with Crippen molar-refractivity contribution in [2.24, 2.45) is 17.8 Å². The van der Waals surface area contributed by atoms with Gasteiger partial charge in [-0.2, -0.15) is 0 Å². The van der Waals surface area contributed by atoms with E-state index < -0.39 is 5.60 Å². The molecule has 0 aromatic heterocycles. The maximum Gasteiger partial charge on any atom is 0.236 e. The molecule has 2 aliphatic carbocycles. The van der Waals surface area contributed by atoms with Gasteiger partial charge in [0.1, 0.15) is 5.60 Å². The topological polar surface area (TPSA) is 33.8 Å². The summed E-state index contributed by atoms with van der Waals surface area (Å²) >= 11 is 0. The van der Waals surface area contributed by atoms with Gasteiger partial charge < -0.3 is 4.85 Å². The van der Waals surface area contributed by atoms with Gasteiger partial charge in [-0.25, -0.2) is 11.5 Å². The Morgan fingerprint density at radius 2 is 2.05 bits per heavy atom. The summed E-state index contributed by atoms with van der Waals surface area (Å²) in [5, 5.41) is 9.15. The minimum atomic E-state index is -0.570. The molecule has 4 atom stereocenters. The number of rotatable bonds is 2. The van der Waals surface area contributed by atoms with Crippen LogP contribution in [-0.4, -0.2) is 16.4 Å². The Morgan fingerprint density at radius 3 is 2.58 bits per heavy atom. The van der Waals surface area contributed by atoms with E-state index in [2.05, 4.69) is 31.7 Å². The van der Waals surface area contributed by atoms with Gasteiger partial charge in [-0.1, -0.05) is 19.4 Å². The summed E-state index contributed by atoms with van der Waals surface area (Å²) in [6, 6.07) is 0. The Balaban J connectivity index is 2.42. The molecule has 0 amide bonds. The molecular weight excluding hydrogens is 238 g/mol. The third kappa shape index (κ3) is 2.44. The van der Waals surface area contributed by atoms with Crippen LogP contribution in [0.2, 0.25) is 0 Å². The fraction of sp³-hybridized carbons (Fsp3) is 0.812. The average molecular weight is 263 g/mol. The highest BCUT2D eigenvalue weighted by Crippen LogP contribution is 2.51. The van der Waals surface area contributed by atoms with E-state index in [9.17, 15) is 0 Å². The van der Waals surface area contributed by atoms with Gasteiger partial charge in [0, 0.05) is 13.3 Å². The fourth-order valence-corrected chi connectivity index (χ4v) is 3.87. The van der Waals surface area contributed by atoms with Gasteiger partial charge in [0.05, 0.1) is 5.92 Å². The van der Waals surface area contributed by atoms with E-state index in [4.69, 9.17) is 16.7 Å². The van der Waals surface area contributed by atoms with Crippen LogP contribution in [0.4, 0.5) is 0 Å². The van der Waals surface area contributed by atoms with Crippen molar-refractivity contribution in [1.29, 1.82) is 0 Å². The van der Waals surface area contributed by atoms with Gasteiger partial charge in [-0.15, -0.1) is 0 Å². The minimum absolute atomic E-state index is 0.270. The zero-order valence-corrected chi connectivity index (χ0v) is 12.4. The zero-order valence-electron chi connectivity index (χ0n) is 12.4. The first-order valence-corrected chi connectivity index (χ1v) is 7.29. The van der Waals surface area contributed by atoms with Crippen molar-refractivity contribution >= 4 is 0 Å². The molecule has 1 saturated carbocycles. The van der Waals surface area contributed by atoms with Gasteiger partial charge in [0.15, 0.2) is 0 Å². The first-order valence-electron chi connectivity index (χ1n) is 7.29. The first kappa shape index (κ1) is 14.6. The number of nitrogens with zero attached hydrogens (tertiary/aromatic N) is 1. The van der Waals surface area contributed by atoms with Gasteiger partial charge in [0.2, 0.25) is 5.54 Å². The molecular formula is C16H25NO2. The molecule has 0 unspecified atom stereocenters. The summed E-state index contributed by atoms with van der Waals surface area (Å²) in [4.78, 5) is 8.64. The maximum atomic E-state index is 9.15. The molecule has 3 heteroatoms. The lowest BCUT2D eigenvalue weighted by Crippen LogP contribution is -2.45. The highest BCUT2D eigenvalue weighted by molar-refractivity contribution is 5.29. The molecule has 0 heterocycles. The highest BCUT2D eigenvalue weighted by atomic mass is 17.1. The van der Waals surface area contributed by atoms with Crippen molar-refractivity contribution < 1.29 is 10.1 Å². The Bertz CT molecular complexity index is 423. The molecule has 3 nitrogen and oxygen atoms in total. The van der Waals surface area contributed by atoms with Crippen molar-refractivity contribution in [1.82, 2.24) is 0 Å². The van der Waals surface area contributed by atoms with E-state index in [1.54, 1.807) is 0 Å². The van der Waals surface area contributed by atoms with Gasteiger partial charge >= 0.3 is 0 Å². The van der Waals surface area contributed by atoms with E-state index in [-0.39, 0.29) is 5.54 Å². The Hall–Kier alpha value is -0.850.